The van der Waals surface area contributed by atoms with Crippen LogP contribution in [0.5, 0.6) is 0 Å². The molecule has 2 heterocycles. The molecule has 0 bridgehead atoms. The van der Waals surface area contributed by atoms with E-state index in [0.29, 0.717) is 12.5 Å². The molecule has 1 aliphatic heterocycles. The average molecular weight is 253 g/mol. The minimum absolute atomic E-state index is 0.551. The fraction of sp³-hybridized carbons (Fsp3) is 0.312. The summed E-state index contributed by atoms with van der Waals surface area (Å²) in [4.78, 5) is 6.59. The molecule has 19 heavy (non-hydrogen) atoms. The highest BCUT2D eigenvalue weighted by Gasteiger charge is 2.24. The van der Waals surface area contributed by atoms with Gasteiger partial charge in [-0.25, -0.2) is 0 Å². The molecule has 2 N–H and O–H groups in total. The molecular formula is C16H19N3. The molecule has 0 amide bonds. The molecule has 3 rings (SSSR count). The Labute approximate surface area is 114 Å². The van der Waals surface area contributed by atoms with Gasteiger partial charge in [-0.15, -0.1) is 0 Å². The zero-order chi connectivity index (χ0) is 13.1. The Balaban J connectivity index is 1.79. The fourth-order valence-corrected chi connectivity index (χ4v) is 2.86. The molecule has 1 saturated heterocycles. The maximum atomic E-state index is 5.80. The number of rotatable bonds is 3. The van der Waals surface area contributed by atoms with Crippen LogP contribution in [0.3, 0.4) is 0 Å². The highest BCUT2D eigenvalue weighted by molar-refractivity contribution is 5.53. The van der Waals surface area contributed by atoms with E-state index in [4.69, 9.17) is 5.73 Å². The van der Waals surface area contributed by atoms with Crippen molar-refractivity contribution in [3.8, 4) is 0 Å². The van der Waals surface area contributed by atoms with Crippen LogP contribution in [-0.4, -0.2) is 18.1 Å². The Bertz CT molecular complexity index is 539. The van der Waals surface area contributed by atoms with Crippen LogP contribution in [0, 0.1) is 0 Å². The lowest BCUT2D eigenvalue weighted by Gasteiger charge is -2.21. The number of hydrogen-bond acceptors (Lipinski definition) is 3. The maximum absolute atomic E-state index is 5.80. The van der Waals surface area contributed by atoms with Crippen LogP contribution < -0.4 is 10.6 Å². The first-order chi connectivity index (χ1) is 9.38. The van der Waals surface area contributed by atoms with E-state index in [-0.39, 0.29) is 0 Å². The average Bonchev–Trinajstić information content (AvgIpc) is 2.98. The van der Waals surface area contributed by atoms with Crippen LogP contribution >= 0.6 is 0 Å². The van der Waals surface area contributed by atoms with E-state index in [1.807, 2.05) is 12.4 Å². The number of hydrogen-bond donors (Lipinski definition) is 1. The van der Waals surface area contributed by atoms with Gasteiger partial charge in [0.1, 0.15) is 0 Å². The topological polar surface area (TPSA) is 42.1 Å². The normalized spacial score (nSPS) is 18.8. The number of nitrogens with two attached hydrogens (primary N) is 1. The Morgan fingerprint density at radius 1 is 1.21 bits per heavy atom. The van der Waals surface area contributed by atoms with E-state index >= 15 is 0 Å². The quantitative estimate of drug-likeness (QED) is 0.914. The highest BCUT2D eigenvalue weighted by atomic mass is 15.2. The Morgan fingerprint density at radius 3 is 2.84 bits per heavy atom. The molecule has 1 aliphatic rings. The molecule has 0 spiro atoms. The molecule has 1 atom stereocenters. The van der Waals surface area contributed by atoms with Gasteiger partial charge in [-0.2, -0.15) is 0 Å². The monoisotopic (exact) mass is 253 g/mol. The molecule has 1 unspecified atom stereocenters. The molecule has 0 aliphatic carbocycles. The second-order valence-corrected chi connectivity index (χ2v) is 5.05. The Kier molecular flexibility index (Phi) is 3.47. The molecule has 98 valence electrons. The first-order valence-corrected chi connectivity index (χ1v) is 6.81. The van der Waals surface area contributed by atoms with E-state index in [0.717, 1.165) is 18.7 Å². The van der Waals surface area contributed by atoms with E-state index < -0.39 is 0 Å². The van der Waals surface area contributed by atoms with Gasteiger partial charge < -0.3 is 10.6 Å². The van der Waals surface area contributed by atoms with Gasteiger partial charge >= 0.3 is 0 Å². The third kappa shape index (κ3) is 2.47. The molecule has 2 aromatic rings. The molecule has 1 aromatic carbocycles. The van der Waals surface area contributed by atoms with E-state index in [2.05, 4.69) is 46.3 Å². The molecule has 1 aromatic heterocycles. The van der Waals surface area contributed by atoms with Gasteiger partial charge in [-0.1, -0.05) is 30.3 Å². The second-order valence-electron chi connectivity index (χ2n) is 5.05. The predicted octanol–water partition coefficient (Wildman–Crippen LogP) is 2.53. The number of benzene rings is 1. The van der Waals surface area contributed by atoms with E-state index in [9.17, 15) is 0 Å². The van der Waals surface area contributed by atoms with E-state index in [1.165, 1.54) is 17.7 Å². The lowest BCUT2D eigenvalue weighted by Crippen LogP contribution is -2.21. The number of anilines is 1. The number of aromatic nitrogens is 1. The smallest absolute Gasteiger partial charge is 0.0442 e. The lowest BCUT2D eigenvalue weighted by molar-refractivity contribution is 0.774. The summed E-state index contributed by atoms with van der Waals surface area (Å²) in [6.07, 6.45) is 4.94. The summed E-state index contributed by atoms with van der Waals surface area (Å²) in [5.74, 6) is 0.625. The predicted molar refractivity (Wildman–Crippen MR) is 78.1 cm³/mol. The molecular weight excluding hydrogens is 234 g/mol. The second kappa shape index (κ2) is 5.41. The van der Waals surface area contributed by atoms with Crippen molar-refractivity contribution >= 4 is 5.69 Å². The largest absolute Gasteiger partial charge is 0.371 e. The van der Waals surface area contributed by atoms with Gasteiger partial charge in [0, 0.05) is 49.2 Å². The summed E-state index contributed by atoms with van der Waals surface area (Å²) >= 11 is 0. The van der Waals surface area contributed by atoms with Crippen LogP contribution in [0.4, 0.5) is 5.69 Å². The van der Waals surface area contributed by atoms with Crippen molar-refractivity contribution in [3.63, 3.8) is 0 Å². The third-order valence-corrected chi connectivity index (χ3v) is 3.90. The summed E-state index contributed by atoms with van der Waals surface area (Å²) in [6, 6.07) is 12.8. The molecule has 3 nitrogen and oxygen atoms in total. The SMILES string of the molecule is NCc1cnccc1N1CCC(c2ccccc2)C1. The van der Waals surface area contributed by atoms with Crippen molar-refractivity contribution < 1.29 is 0 Å². The summed E-state index contributed by atoms with van der Waals surface area (Å²) in [5, 5.41) is 0. The van der Waals surface area contributed by atoms with Crippen molar-refractivity contribution in [2.75, 3.05) is 18.0 Å². The van der Waals surface area contributed by atoms with Gasteiger partial charge in [0.25, 0.3) is 0 Å². The molecule has 1 fully saturated rings. The fourth-order valence-electron chi connectivity index (χ4n) is 2.86. The standard InChI is InChI=1S/C16H19N3/c17-10-15-11-18-8-6-16(15)19-9-7-14(12-19)13-4-2-1-3-5-13/h1-6,8,11,14H,7,9-10,12,17H2. The molecule has 0 radical (unpaired) electrons. The van der Waals surface area contributed by atoms with Crippen LogP contribution in [0.1, 0.15) is 23.5 Å². The lowest BCUT2D eigenvalue weighted by atomic mass is 9.99. The zero-order valence-corrected chi connectivity index (χ0v) is 11.0. The first-order valence-electron chi connectivity index (χ1n) is 6.81. The van der Waals surface area contributed by atoms with Crippen molar-refractivity contribution in [1.29, 1.82) is 0 Å². The zero-order valence-electron chi connectivity index (χ0n) is 11.0. The van der Waals surface area contributed by atoms with Crippen molar-refractivity contribution in [2.24, 2.45) is 5.73 Å². The Hall–Kier alpha value is -1.87. The number of pyridine rings is 1. The minimum Gasteiger partial charge on any atom is -0.371 e. The Morgan fingerprint density at radius 2 is 2.05 bits per heavy atom. The van der Waals surface area contributed by atoms with Gasteiger partial charge in [0.05, 0.1) is 0 Å². The minimum atomic E-state index is 0.551. The number of nitrogens with zero attached hydrogens (tertiary/aromatic N) is 2. The summed E-state index contributed by atoms with van der Waals surface area (Å²) < 4.78 is 0. The van der Waals surface area contributed by atoms with Gasteiger partial charge in [0.2, 0.25) is 0 Å². The van der Waals surface area contributed by atoms with Crippen LogP contribution in [0.2, 0.25) is 0 Å². The van der Waals surface area contributed by atoms with Crippen LogP contribution in [0.15, 0.2) is 48.8 Å². The summed E-state index contributed by atoms with van der Waals surface area (Å²) in [5.41, 5.74) is 9.62. The van der Waals surface area contributed by atoms with Gasteiger partial charge in [-0.3, -0.25) is 4.98 Å². The van der Waals surface area contributed by atoms with Crippen molar-refractivity contribution in [2.45, 2.75) is 18.9 Å². The van der Waals surface area contributed by atoms with Crippen LogP contribution in [-0.2, 0) is 6.54 Å². The summed E-state index contributed by atoms with van der Waals surface area (Å²) in [7, 11) is 0. The van der Waals surface area contributed by atoms with Gasteiger partial charge in [0.15, 0.2) is 0 Å². The van der Waals surface area contributed by atoms with Crippen molar-refractivity contribution in [3.05, 3.63) is 59.9 Å². The third-order valence-electron chi connectivity index (χ3n) is 3.90. The van der Waals surface area contributed by atoms with Crippen molar-refractivity contribution in [1.82, 2.24) is 4.98 Å². The molecule has 0 saturated carbocycles. The first kappa shape index (κ1) is 12.2. The van der Waals surface area contributed by atoms with Crippen LogP contribution in [0.25, 0.3) is 0 Å². The van der Waals surface area contributed by atoms with Gasteiger partial charge in [-0.05, 0) is 18.1 Å². The maximum Gasteiger partial charge on any atom is 0.0442 e. The molecule has 3 heteroatoms. The van der Waals surface area contributed by atoms with E-state index in [1.54, 1.807) is 0 Å². The summed E-state index contributed by atoms with van der Waals surface area (Å²) in [6.45, 7) is 2.72. The highest BCUT2D eigenvalue weighted by Crippen LogP contribution is 2.31.